The second kappa shape index (κ2) is 4.35. The van der Waals surface area contributed by atoms with E-state index in [4.69, 9.17) is 5.14 Å². The molecule has 9 nitrogen and oxygen atoms in total. The molecule has 0 saturated heterocycles. The third kappa shape index (κ3) is 2.04. The minimum atomic E-state index is -3.93. The Morgan fingerprint density at radius 2 is 2.20 bits per heavy atom. The maximum Gasteiger partial charge on any atom is 0.302 e. The van der Waals surface area contributed by atoms with E-state index in [0.717, 1.165) is 9.54 Å². The molecule has 2 N–H and O–H groups in total. The van der Waals surface area contributed by atoms with Crippen molar-refractivity contribution in [1.82, 2.24) is 13.8 Å². The predicted octanol–water partition coefficient (Wildman–Crippen LogP) is 0.110. The van der Waals surface area contributed by atoms with Gasteiger partial charge in [0.25, 0.3) is 0 Å². The zero-order chi connectivity index (χ0) is 14.3. The molecule has 104 valence electrons. The summed E-state index contributed by atoms with van der Waals surface area (Å²) in [5, 5.41) is 20.4. The van der Waals surface area contributed by atoms with Crippen LogP contribution in [0.3, 0.4) is 0 Å². The number of rotatable bonds is 3. The maximum atomic E-state index is 11.7. The number of nitrogens with zero attached hydrogens (tertiary/aromatic N) is 6. The lowest BCUT2D eigenvalue weighted by Gasteiger charge is -2.07. The molecule has 3 rings (SSSR count). The SMILES string of the molecule is Cn1cc(-c2ccn(S(N)(=O)=O)c2C2=NN=NC2)cn1. The largest absolute Gasteiger partial charge is 0.302 e. The summed E-state index contributed by atoms with van der Waals surface area (Å²) in [6, 6.07) is 1.65. The normalized spacial score (nSPS) is 14.8. The smallest absolute Gasteiger partial charge is 0.275 e. The summed E-state index contributed by atoms with van der Waals surface area (Å²) >= 11 is 0. The molecule has 10 heteroatoms. The van der Waals surface area contributed by atoms with Crippen molar-refractivity contribution in [3.05, 3.63) is 30.4 Å². The minimum absolute atomic E-state index is 0.215. The Morgan fingerprint density at radius 1 is 1.40 bits per heavy atom. The molecule has 0 unspecified atom stereocenters. The molecular weight excluding hydrogens is 282 g/mol. The molecule has 2 aromatic rings. The highest BCUT2D eigenvalue weighted by Crippen LogP contribution is 2.27. The van der Waals surface area contributed by atoms with Crippen molar-refractivity contribution in [3.8, 4) is 11.1 Å². The summed E-state index contributed by atoms with van der Waals surface area (Å²) in [4.78, 5) is 0. The monoisotopic (exact) mass is 293 g/mol. The molecule has 20 heavy (non-hydrogen) atoms. The molecule has 0 spiro atoms. The molecular formula is C10H11N7O2S. The van der Waals surface area contributed by atoms with E-state index < -0.39 is 10.2 Å². The fourth-order valence-corrected chi connectivity index (χ4v) is 2.73. The highest BCUT2D eigenvalue weighted by Gasteiger charge is 2.23. The zero-order valence-corrected chi connectivity index (χ0v) is 11.3. The van der Waals surface area contributed by atoms with Crippen LogP contribution in [0.1, 0.15) is 5.69 Å². The van der Waals surface area contributed by atoms with E-state index in [-0.39, 0.29) is 6.54 Å². The van der Waals surface area contributed by atoms with E-state index in [1.807, 2.05) is 0 Å². The lowest BCUT2D eigenvalue weighted by molar-refractivity contribution is 0.589. The molecule has 3 heterocycles. The van der Waals surface area contributed by atoms with E-state index in [1.54, 1.807) is 30.2 Å². The Morgan fingerprint density at radius 3 is 2.75 bits per heavy atom. The van der Waals surface area contributed by atoms with Crippen molar-refractivity contribution >= 4 is 15.9 Å². The summed E-state index contributed by atoms with van der Waals surface area (Å²) in [5.41, 5.74) is 2.24. The van der Waals surface area contributed by atoms with Crippen LogP contribution in [-0.4, -0.2) is 34.4 Å². The molecule has 0 atom stereocenters. The Hall–Kier alpha value is -2.33. The number of hydrogen-bond acceptors (Lipinski definition) is 6. The number of hydrogen-bond donors (Lipinski definition) is 1. The Balaban J connectivity index is 2.23. The second-order valence-corrected chi connectivity index (χ2v) is 5.68. The summed E-state index contributed by atoms with van der Waals surface area (Å²) < 4.78 is 25.9. The molecule has 0 aliphatic carbocycles. The average molecular weight is 293 g/mol. The van der Waals surface area contributed by atoms with Crippen LogP contribution in [-0.2, 0) is 17.3 Å². The predicted molar refractivity (Wildman–Crippen MR) is 71.4 cm³/mol. The van der Waals surface area contributed by atoms with Crippen LogP contribution < -0.4 is 5.14 Å². The van der Waals surface area contributed by atoms with E-state index in [2.05, 4.69) is 20.5 Å². The summed E-state index contributed by atoms with van der Waals surface area (Å²) in [7, 11) is -2.15. The van der Waals surface area contributed by atoms with Gasteiger partial charge in [-0.25, -0.2) is 9.11 Å². The van der Waals surface area contributed by atoms with Crippen LogP contribution in [0.25, 0.3) is 11.1 Å². The van der Waals surface area contributed by atoms with Crippen LogP contribution in [0.5, 0.6) is 0 Å². The van der Waals surface area contributed by atoms with E-state index in [0.29, 0.717) is 17.0 Å². The first-order valence-corrected chi connectivity index (χ1v) is 7.14. The van der Waals surface area contributed by atoms with Gasteiger partial charge >= 0.3 is 10.2 Å². The molecule has 0 saturated carbocycles. The summed E-state index contributed by atoms with van der Waals surface area (Å²) in [6.45, 7) is 0.215. The molecule has 2 aromatic heterocycles. The van der Waals surface area contributed by atoms with Gasteiger partial charge in [0.1, 0.15) is 12.3 Å². The first kappa shape index (κ1) is 12.7. The van der Waals surface area contributed by atoms with Gasteiger partial charge in [-0.2, -0.15) is 18.6 Å². The van der Waals surface area contributed by atoms with E-state index >= 15 is 0 Å². The summed E-state index contributed by atoms with van der Waals surface area (Å²) in [5.74, 6) is 0. The van der Waals surface area contributed by atoms with Crippen LogP contribution in [0.4, 0.5) is 0 Å². The van der Waals surface area contributed by atoms with Gasteiger partial charge in [-0.3, -0.25) is 4.68 Å². The molecule has 0 bridgehead atoms. The molecule has 0 radical (unpaired) electrons. The molecule has 1 aliphatic rings. The highest BCUT2D eigenvalue weighted by atomic mass is 32.2. The van der Waals surface area contributed by atoms with Crippen molar-refractivity contribution in [1.29, 1.82) is 0 Å². The van der Waals surface area contributed by atoms with Crippen LogP contribution >= 0.6 is 0 Å². The standard InChI is InChI=1S/C10H11N7O2S/c1-16-6-7(4-13-16)8-2-3-17(20(11,18)19)10(8)9-5-12-15-14-9/h2-4,6H,5H2,1H3,(H2,11,18,19). The number of aromatic nitrogens is 3. The maximum absolute atomic E-state index is 11.7. The Labute approximate surface area is 114 Å². The van der Waals surface area contributed by atoms with Crippen molar-refractivity contribution in [2.45, 2.75) is 0 Å². The Bertz CT molecular complexity index is 828. The van der Waals surface area contributed by atoms with Crippen LogP contribution in [0.2, 0.25) is 0 Å². The van der Waals surface area contributed by atoms with Gasteiger partial charge in [-0.15, -0.1) is 5.10 Å². The van der Waals surface area contributed by atoms with E-state index in [9.17, 15) is 8.42 Å². The fourth-order valence-electron chi connectivity index (χ4n) is 2.04. The minimum Gasteiger partial charge on any atom is -0.275 e. The van der Waals surface area contributed by atoms with Crippen molar-refractivity contribution in [2.75, 3.05) is 6.54 Å². The number of nitrogens with two attached hydrogens (primary N) is 1. The lowest BCUT2D eigenvalue weighted by Crippen LogP contribution is -2.25. The van der Waals surface area contributed by atoms with Crippen molar-refractivity contribution in [3.63, 3.8) is 0 Å². The van der Waals surface area contributed by atoms with Crippen LogP contribution in [0.15, 0.2) is 40.1 Å². The van der Waals surface area contributed by atoms with E-state index in [1.165, 1.54) is 6.20 Å². The van der Waals surface area contributed by atoms with Gasteiger partial charge < -0.3 is 0 Å². The van der Waals surface area contributed by atoms with Crippen molar-refractivity contribution in [2.24, 2.45) is 27.6 Å². The quantitative estimate of drug-likeness (QED) is 0.864. The van der Waals surface area contributed by atoms with Crippen LogP contribution in [0, 0.1) is 0 Å². The first-order valence-electron chi connectivity index (χ1n) is 5.64. The average Bonchev–Trinajstić information content (AvgIpc) is 3.05. The van der Waals surface area contributed by atoms with Crippen molar-refractivity contribution < 1.29 is 8.42 Å². The third-order valence-corrected chi connectivity index (χ3v) is 3.72. The topological polar surface area (TPSA) is 120 Å². The molecule has 1 aliphatic heterocycles. The van der Waals surface area contributed by atoms with Gasteiger partial charge in [-0.05, 0) is 11.3 Å². The fraction of sp³-hybridized carbons (Fsp3) is 0.200. The zero-order valence-electron chi connectivity index (χ0n) is 10.5. The highest BCUT2D eigenvalue weighted by molar-refractivity contribution is 7.87. The Kier molecular flexibility index (Phi) is 2.76. The molecule has 0 fully saturated rings. The third-order valence-electron chi connectivity index (χ3n) is 2.86. The van der Waals surface area contributed by atoms with Gasteiger partial charge in [0.05, 0.1) is 11.9 Å². The van der Waals surface area contributed by atoms with Gasteiger partial charge in [0.15, 0.2) is 0 Å². The first-order chi connectivity index (χ1) is 9.47. The molecule has 0 amide bonds. The van der Waals surface area contributed by atoms with Gasteiger partial charge in [0.2, 0.25) is 0 Å². The van der Waals surface area contributed by atoms with Gasteiger partial charge in [-0.1, -0.05) is 0 Å². The summed E-state index contributed by atoms with van der Waals surface area (Å²) in [6.07, 6.45) is 4.79. The molecule has 0 aromatic carbocycles. The second-order valence-electron chi connectivity index (χ2n) is 4.26. The van der Waals surface area contributed by atoms with Gasteiger partial charge in [0, 0.05) is 30.6 Å². The lowest BCUT2D eigenvalue weighted by atomic mass is 10.1. The number of aryl methyl sites for hydroxylation is 1.